The van der Waals surface area contributed by atoms with Gasteiger partial charge in [-0.15, -0.1) is 10.2 Å². The fourth-order valence-corrected chi connectivity index (χ4v) is 3.76. The number of hydrogen-bond acceptors (Lipinski definition) is 6. The van der Waals surface area contributed by atoms with E-state index in [1.807, 2.05) is 39.9 Å². The Morgan fingerprint density at radius 1 is 1.10 bits per heavy atom. The van der Waals surface area contributed by atoms with Gasteiger partial charge in [0.2, 0.25) is 5.89 Å². The van der Waals surface area contributed by atoms with Gasteiger partial charge in [0.25, 0.3) is 11.8 Å². The third-order valence-corrected chi connectivity index (χ3v) is 5.43. The Bertz CT molecular complexity index is 1090. The maximum atomic E-state index is 12.9. The minimum absolute atomic E-state index is 0.0597. The molecule has 0 bridgehead atoms. The van der Waals surface area contributed by atoms with Crippen LogP contribution in [0.4, 0.5) is 0 Å². The van der Waals surface area contributed by atoms with Crippen molar-refractivity contribution in [3.8, 4) is 11.7 Å². The highest BCUT2D eigenvalue weighted by atomic mass is 16.4. The van der Waals surface area contributed by atoms with Gasteiger partial charge < -0.3 is 18.3 Å². The lowest BCUT2D eigenvalue weighted by Gasteiger charge is -2.30. The first-order valence-electron chi connectivity index (χ1n) is 9.97. The molecule has 152 valence electrons. The number of carbonyl (C=O) groups excluding carboxylic acids is 1. The first-order chi connectivity index (χ1) is 14.8. The Morgan fingerprint density at radius 3 is 2.63 bits per heavy atom. The lowest BCUT2D eigenvalue weighted by atomic mass is 9.96. The number of likely N-dealkylation sites (tertiary alicyclic amines) is 1. The standard InChI is InChI=1S/C22H21N5O3/c28-22(18-5-3-16(4-6-18)14-26-12-9-23-15-26)27-10-7-17(8-11-27)20-24-25-21(30-20)19-2-1-13-29-19/h1-6,9,12-13,15,17H,7-8,10-11,14H2. The van der Waals surface area contributed by atoms with E-state index in [9.17, 15) is 4.79 Å². The molecule has 1 aromatic carbocycles. The minimum atomic E-state index is 0.0597. The first kappa shape index (κ1) is 18.4. The summed E-state index contributed by atoms with van der Waals surface area (Å²) in [5, 5.41) is 8.25. The molecule has 0 N–H and O–H groups in total. The van der Waals surface area contributed by atoms with Crippen LogP contribution >= 0.6 is 0 Å². The number of aromatic nitrogens is 4. The minimum Gasteiger partial charge on any atom is -0.459 e. The second-order valence-corrected chi connectivity index (χ2v) is 7.42. The van der Waals surface area contributed by atoms with Crippen molar-refractivity contribution in [3.63, 3.8) is 0 Å². The van der Waals surface area contributed by atoms with Gasteiger partial charge in [-0.25, -0.2) is 4.98 Å². The van der Waals surface area contributed by atoms with Crippen LogP contribution in [0.3, 0.4) is 0 Å². The van der Waals surface area contributed by atoms with E-state index < -0.39 is 0 Å². The average Bonchev–Trinajstić information content (AvgIpc) is 3.56. The van der Waals surface area contributed by atoms with Crippen LogP contribution in [-0.2, 0) is 6.54 Å². The lowest BCUT2D eigenvalue weighted by molar-refractivity contribution is 0.0706. The molecule has 8 nitrogen and oxygen atoms in total. The number of imidazole rings is 1. The van der Waals surface area contributed by atoms with E-state index >= 15 is 0 Å². The van der Waals surface area contributed by atoms with Crippen molar-refractivity contribution in [2.24, 2.45) is 0 Å². The van der Waals surface area contributed by atoms with E-state index in [2.05, 4.69) is 15.2 Å². The summed E-state index contributed by atoms with van der Waals surface area (Å²) < 4.78 is 13.1. The molecule has 3 aromatic heterocycles. The number of benzene rings is 1. The predicted octanol–water partition coefficient (Wildman–Crippen LogP) is 3.59. The molecule has 1 aliphatic rings. The summed E-state index contributed by atoms with van der Waals surface area (Å²) in [7, 11) is 0. The van der Waals surface area contributed by atoms with Crippen molar-refractivity contribution in [3.05, 3.63) is 78.4 Å². The van der Waals surface area contributed by atoms with Crippen molar-refractivity contribution in [2.45, 2.75) is 25.3 Å². The maximum Gasteiger partial charge on any atom is 0.283 e. The van der Waals surface area contributed by atoms with Crippen LogP contribution in [0.25, 0.3) is 11.7 Å². The van der Waals surface area contributed by atoms with Crippen molar-refractivity contribution >= 4 is 5.91 Å². The Morgan fingerprint density at radius 2 is 1.93 bits per heavy atom. The number of piperidine rings is 1. The van der Waals surface area contributed by atoms with Gasteiger partial charge in [0.05, 0.1) is 12.6 Å². The molecule has 5 rings (SSSR count). The summed E-state index contributed by atoms with van der Waals surface area (Å²) in [4.78, 5) is 18.8. The van der Waals surface area contributed by atoms with E-state index in [1.165, 1.54) is 0 Å². The topological polar surface area (TPSA) is 90.2 Å². The van der Waals surface area contributed by atoms with E-state index in [4.69, 9.17) is 8.83 Å². The average molecular weight is 403 g/mol. The number of rotatable bonds is 5. The summed E-state index contributed by atoms with van der Waals surface area (Å²) in [6.07, 6.45) is 8.63. The molecule has 0 atom stereocenters. The quantitative estimate of drug-likeness (QED) is 0.506. The van der Waals surface area contributed by atoms with Gasteiger partial charge in [-0.1, -0.05) is 12.1 Å². The van der Waals surface area contributed by atoms with Gasteiger partial charge in [0, 0.05) is 43.5 Å². The molecule has 0 aliphatic carbocycles. The lowest BCUT2D eigenvalue weighted by Crippen LogP contribution is -2.38. The summed E-state index contributed by atoms with van der Waals surface area (Å²) in [5.74, 6) is 1.78. The van der Waals surface area contributed by atoms with Crippen LogP contribution in [0, 0.1) is 0 Å². The zero-order valence-corrected chi connectivity index (χ0v) is 16.3. The van der Waals surface area contributed by atoms with E-state index in [-0.39, 0.29) is 11.8 Å². The van der Waals surface area contributed by atoms with Crippen LogP contribution in [-0.4, -0.2) is 43.6 Å². The van der Waals surface area contributed by atoms with Crippen molar-refractivity contribution in [1.29, 1.82) is 0 Å². The summed E-state index contributed by atoms with van der Waals surface area (Å²) >= 11 is 0. The van der Waals surface area contributed by atoms with Crippen LogP contribution < -0.4 is 0 Å². The molecule has 1 aliphatic heterocycles. The fourth-order valence-electron chi connectivity index (χ4n) is 3.76. The van der Waals surface area contributed by atoms with Crippen molar-refractivity contribution < 1.29 is 13.6 Å². The Labute approximate surface area is 173 Å². The zero-order chi connectivity index (χ0) is 20.3. The molecule has 0 spiro atoms. The molecule has 4 aromatic rings. The molecule has 1 saturated heterocycles. The smallest absolute Gasteiger partial charge is 0.283 e. The Kier molecular flexibility index (Phi) is 4.88. The maximum absolute atomic E-state index is 12.9. The largest absolute Gasteiger partial charge is 0.459 e. The van der Waals surface area contributed by atoms with Crippen LogP contribution in [0.1, 0.15) is 40.6 Å². The number of hydrogen-bond donors (Lipinski definition) is 0. The molecule has 0 saturated carbocycles. The summed E-state index contributed by atoms with van der Waals surface area (Å²) in [6, 6.07) is 11.4. The number of furan rings is 1. The van der Waals surface area contributed by atoms with Gasteiger partial charge in [-0.05, 0) is 42.7 Å². The van der Waals surface area contributed by atoms with Gasteiger partial charge in [-0.2, -0.15) is 0 Å². The van der Waals surface area contributed by atoms with Gasteiger partial charge in [-0.3, -0.25) is 4.79 Å². The van der Waals surface area contributed by atoms with Gasteiger partial charge in [0.1, 0.15) is 0 Å². The van der Waals surface area contributed by atoms with E-state index in [1.54, 1.807) is 30.9 Å². The number of amides is 1. The van der Waals surface area contributed by atoms with Crippen LogP contribution in [0.5, 0.6) is 0 Å². The molecule has 0 unspecified atom stereocenters. The first-order valence-corrected chi connectivity index (χ1v) is 9.97. The van der Waals surface area contributed by atoms with Crippen LogP contribution in [0.2, 0.25) is 0 Å². The molecule has 8 heteroatoms. The Hall–Kier alpha value is -3.68. The van der Waals surface area contributed by atoms with E-state index in [0.29, 0.717) is 36.2 Å². The highest BCUT2D eigenvalue weighted by Gasteiger charge is 2.28. The normalized spacial score (nSPS) is 14.9. The van der Waals surface area contributed by atoms with Crippen molar-refractivity contribution in [1.82, 2.24) is 24.6 Å². The third-order valence-electron chi connectivity index (χ3n) is 5.43. The summed E-state index contributed by atoms with van der Waals surface area (Å²) in [5.41, 5.74) is 1.84. The van der Waals surface area contributed by atoms with Crippen LogP contribution in [0.15, 0.2) is 70.2 Å². The third kappa shape index (κ3) is 3.76. The predicted molar refractivity (Wildman–Crippen MR) is 108 cm³/mol. The highest BCUT2D eigenvalue weighted by molar-refractivity contribution is 5.94. The van der Waals surface area contributed by atoms with Crippen molar-refractivity contribution in [2.75, 3.05) is 13.1 Å². The monoisotopic (exact) mass is 403 g/mol. The summed E-state index contributed by atoms with van der Waals surface area (Å²) in [6.45, 7) is 2.07. The number of nitrogens with zero attached hydrogens (tertiary/aromatic N) is 5. The molecular formula is C22H21N5O3. The zero-order valence-electron chi connectivity index (χ0n) is 16.3. The molecule has 1 fully saturated rings. The van der Waals surface area contributed by atoms with Gasteiger partial charge in [0.15, 0.2) is 5.76 Å². The SMILES string of the molecule is O=C(c1ccc(Cn2ccnc2)cc1)N1CCC(c2nnc(-c3ccco3)o2)CC1. The second kappa shape index (κ2) is 7.98. The fraction of sp³-hybridized carbons (Fsp3) is 0.273. The molecule has 1 amide bonds. The molecule has 4 heterocycles. The highest BCUT2D eigenvalue weighted by Crippen LogP contribution is 2.30. The molecular weight excluding hydrogens is 382 g/mol. The second-order valence-electron chi connectivity index (χ2n) is 7.42. The van der Waals surface area contributed by atoms with E-state index in [0.717, 1.165) is 24.9 Å². The number of carbonyl (C=O) groups is 1. The molecule has 0 radical (unpaired) electrons. The Balaban J connectivity index is 1.18. The molecule has 30 heavy (non-hydrogen) atoms. The van der Waals surface area contributed by atoms with Gasteiger partial charge >= 0.3 is 0 Å².